The molecule has 2 bridgehead atoms. The van der Waals surface area contributed by atoms with Crippen LogP contribution in [0.15, 0.2) is 48.5 Å². The Morgan fingerprint density at radius 3 is 2.66 bits per heavy atom. The zero-order valence-corrected chi connectivity index (χ0v) is 18.6. The predicted molar refractivity (Wildman–Crippen MR) is 123 cm³/mol. The summed E-state index contributed by atoms with van der Waals surface area (Å²) in [6, 6.07) is 15.7. The van der Waals surface area contributed by atoms with Crippen LogP contribution in [0.2, 0.25) is 0 Å². The van der Waals surface area contributed by atoms with Crippen LogP contribution in [0.25, 0.3) is 0 Å². The van der Waals surface area contributed by atoms with Gasteiger partial charge in [-0.25, -0.2) is 0 Å². The number of para-hydroxylation sites is 1. The minimum Gasteiger partial charge on any atom is -0.489 e. The van der Waals surface area contributed by atoms with Crippen LogP contribution in [-0.2, 0) is 22.6 Å². The monoisotopic (exact) mass is 433 g/mol. The van der Waals surface area contributed by atoms with Gasteiger partial charge in [-0.3, -0.25) is 9.69 Å². The van der Waals surface area contributed by atoms with Gasteiger partial charge in [0.25, 0.3) is 0 Å². The summed E-state index contributed by atoms with van der Waals surface area (Å²) in [7, 11) is 0. The summed E-state index contributed by atoms with van der Waals surface area (Å²) in [5.74, 6) is 7.64. The Balaban J connectivity index is 1.53. The lowest BCUT2D eigenvalue weighted by molar-refractivity contribution is -0.143. The van der Waals surface area contributed by atoms with Crippen LogP contribution in [0, 0.1) is 17.8 Å². The van der Waals surface area contributed by atoms with Gasteiger partial charge in [-0.05, 0) is 69.0 Å². The van der Waals surface area contributed by atoms with Crippen LogP contribution in [0.3, 0.4) is 0 Å². The fourth-order valence-corrected chi connectivity index (χ4v) is 4.54. The Bertz CT molecular complexity index is 968. The van der Waals surface area contributed by atoms with Gasteiger partial charge in [-0.1, -0.05) is 42.2 Å². The van der Waals surface area contributed by atoms with Gasteiger partial charge in [0.2, 0.25) is 0 Å². The van der Waals surface area contributed by atoms with E-state index < -0.39 is 0 Å². The molecule has 5 nitrogen and oxygen atoms in total. The van der Waals surface area contributed by atoms with Crippen LogP contribution in [0.4, 0.5) is 0 Å². The van der Waals surface area contributed by atoms with Gasteiger partial charge in [0.1, 0.15) is 12.4 Å². The van der Waals surface area contributed by atoms with Gasteiger partial charge in [0.05, 0.1) is 18.8 Å². The van der Waals surface area contributed by atoms with Gasteiger partial charge in [0, 0.05) is 17.5 Å². The van der Waals surface area contributed by atoms with Crippen molar-refractivity contribution in [3.63, 3.8) is 0 Å². The van der Waals surface area contributed by atoms with E-state index in [1.807, 2.05) is 49.4 Å². The molecule has 2 aromatic carbocycles. The molecule has 2 aromatic rings. The van der Waals surface area contributed by atoms with E-state index in [9.17, 15) is 9.90 Å². The number of aryl methyl sites for hydroxylation is 1. The van der Waals surface area contributed by atoms with Crippen molar-refractivity contribution in [2.24, 2.45) is 5.92 Å². The maximum atomic E-state index is 11.8. The van der Waals surface area contributed by atoms with Crippen molar-refractivity contribution >= 4 is 5.97 Å². The van der Waals surface area contributed by atoms with Crippen LogP contribution in [-0.4, -0.2) is 47.8 Å². The number of carbonyl (C=O) groups is 1. The maximum absolute atomic E-state index is 11.8. The molecule has 3 aliphatic rings. The molecule has 0 spiro atoms. The zero-order chi connectivity index (χ0) is 22.3. The lowest BCUT2D eigenvalue weighted by Gasteiger charge is -2.46. The molecule has 3 heterocycles. The van der Waals surface area contributed by atoms with Crippen molar-refractivity contribution in [1.29, 1.82) is 0 Å². The number of fused-ring (bicyclic) bond motifs is 3. The standard InChI is InChI=1S/C27H31NO4/c1-2-31-26(29)13-9-20-8-10-21(23(18-20)19-32-24-6-4-3-5-7-24)11-12-25-27(30)22-14-16-28(25)17-15-22/h3-8,10,18,22,25,27,30H,2,9,13-17,19H2,1H3. The highest BCUT2D eigenvalue weighted by atomic mass is 16.5. The first-order valence-electron chi connectivity index (χ1n) is 11.5. The summed E-state index contributed by atoms with van der Waals surface area (Å²) >= 11 is 0. The Kier molecular flexibility index (Phi) is 7.47. The average Bonchev–Trinajstić information content (AvgIpc) is 2.83. The fourth-order valence-electron chi connectivity index (χ4n) is 4.54. The molecule has 0 aliphatic carbocycles. The van der Waals surface area contributed by atoms with Crippen LogP contribution in [0.5, 0.6) is 5.75 Å². The number of carbonyl (C=O) groups excluding carboxylic acids is 1. The van der Waals surface area contributed by atoms with Crippen LogP contribution in [0.1, 0.15) is 42.9 Å². The Morgan fingerprint density at radius 1 is 1.16 bits per heavy atom. The minimum absolute atomic E-state index is 0.103. The van der Waals surface area contributed by atoms with Gasteiger partial charge >= 0.3 is 5.97 Å². The van der Waals surface area contributed by atoms with Crippen molar-refractivity contribution in [2.45, 2.75) is 51.4 Å². The number of aliphatic hydroxyl groups is 1. The largest absolute Gasteiger partial charge is 0.489 e. The van der Waals surface area contributed by atoms with Crippen molar-refractivity contribution < 1.29 is 19.4 Å². The molecular formula is C27H31NO4. The van der Waals surface area contributed by atoms with Crippen molar-refractivity contribution in [3.8, 4) is 17.6 Å². The number of rotatable bonds is 7. The SMILES string of the molecule is CCOC(=O)CCc1ccc(C#CC2C(O)C3CCN2CC3)c(COc2ccccc2)c1. The molecular weight excluding hydrogens is 402 g/mol. The van der Waals surface area contributed by atoms with E-state index in [0.717, 1.165) is 48.4 Å². The number of ether oxygens (including phenoxy) is 2. The number of aliphatic hydroxyl groups excluding tert-OH is 1. The van der Waals surface area contributed by atoms with Gasteiger partial charge in [0.15, 0.2) is 0 Å². The van der Waals surface area contributed by atoms with Gasteiger partial charge in [-0.15, -0.1) is 0 Å². The molecule has 168 valence electrons. The predicted octanol–water partition coefficient (Wildman–Crippen LogP) is 3.57. The summed E-state index contributed by atoms with van der Waals surface area (Å²) in [4.78, 5) is 14.0. The van der Waals surface area contributed by atoms with Gasteiger partial charge in [-0.2, -0.15) is 0 Å². The lowest BCUT2D eigenvalue weighted by Crippen LogP contribution is -2.57. The molecule has 0 radical (unpaired) electrons. The first-order valence-corrected chi connectivity index (χ1v) is 11.5. The second kappa shape index (κ2) is 10.7. The molecule has 0 saturated carbocycles. The number of hydrogen-bond donors (Lipinski definition) is 1. The summed E-state index contributed by atoms with van der Waals surface area (Å²) in [5, 5.41) is 10.7. The minimum atomic E-state index is -0.377. The molecule has 3 fully saturated rings. The van der Waals surface area contributed by atoms with E-state index in [0.29, 0.717) is 32.0 Å². The molecule has 32 heavy (non-hydrogen) atoms. The summed E-state index contributed by atoms with van der Waals surface area (Å²) in [5.41, 5.74) is 2.93. The molecule has 5 heteroatoms. The topological polar surface area (TPSA) is 59.0 Å². The van der Waals surface area contributed by atoms with Crippen molar-refractivity contribution in [1.82, 2.24) is 4.90 Å². The van der Waals surface area contributed by atoms with E-state index >= 15 is 0 Å². The van der Waals surface area contributed by atoms with E-state index in [1.165, 1.54) is 0 Å². The van der Waals surface area contributed by atoms with E-state index in [4.69, 9.17) is 9.47 Å². The van der Waals surface area contributed by atoms with Crippen molar-refractivity contribution in [2.75, 3.05) is 19.7 Å². The van der Waals surface area contributed by atoms with E-state index in [2.05, 4.69) is 22.8 Å². The molecule has 1 N–H and O–H groups in total. The van der Waals surface area contributed by atoms with Crippen LogP contribution < -0.4 is 4.74 Å². The number of esters is 1. The Morgan fingerprint density at radius 2 is 1.94 bits per heavy atom. The zero-order valence-electron chi connectivity index (χ0n) is 18.6. The lowest BCUT2D eigenvalue weighted by atomic mass is 9.81. The summed E-state index contributed by atoms with van der Waals surface area (Å²) < 4.78 is 11.0. The first-order chi connectivity index (χ1) is 15.6. The molecule has 2 atom stereocenters. The van der Waals surface area contributed by atoms with E-state index in [-0.39, 0.29) is 18.1 Å². The summed E-state index contributed by atoms with van der Waals surface area (Å²) in [6.45, 7) is 4.63. The fraction of sp³-hybridized carbons (Fsp3) is 0.444. The molecule has 3 saturated heterocycles. The third-order valence-electron chi connectivity index (χ3n) is 6.36. The Labute approximate surface area is 190 Å². The number of benzene rings is 2. The highest BCUT2D eigenvalue weighted by Gasteiger charge is 2.40. The number of piperidine rings is 3. The number of nitrogens with zero attached hydrogens (tertiary/aromatic N) is 1. The molecule has 0 aromatic heterocycles. The molecule has 0 amide bonds. The van der Waals surface area contributed by atoms with Crippen LogP contribution >= 0.6 is 0 Å². The highest BCUT2D eigenvalue weighted by molar-refractivity contribution is 5.69. The maximum Gasteiger partial charge on any atom is 0.306 e. The molecule has 2 unspecified atom stereocenters. The highest BCUT2D eigenvalue weighted by Crippen LogP contribution is 2.32. The summed E-state index contributed by atoms with van der Waals surface area (Å²) in [6.07, 6.45) is 2.71. The molecule has 5 rings (SSSR count). The smallest absolute Gasteiger partial charge is 0.306 e. The third-order valence-corrected chi connectivity index (χ3v) is 6.36. The first kappa shape index (κ1) is 22.4. The normalized spacial score (nSPS) is 23.8. The second-order valence-electron chi connectivity index (χ2n) is 8.48. The molecule has 3 aliphatic heterocycles. The third kappa shape index (κ3) is 5.51. The number of hydrogen-bond acceptors (Lipinski definition) is 5. The second-order valence-corrected chi connectivity index (χ2v) is 8.48. The van der Waals surface area contributed by atoms with Crippen molar-refractivity contribution in [3.05, 3.63) is 65.2 Å². The quantitative estimate of drug-likeness (QED) is 0.534. The van der Waals surface area contributed by atoms with E-state index in [1.54, 1.807) is 0 Å². The average molecular weight is 434 g/mol. The van der Waals surface area contributed by atoms with Gasteiger partial charge < -0.3 is 14.6 Å². The Hall–Kier alpha value is -2.81.